The summed E-state index contributed by atoms with van der Waals surface area (Å²) in [6.07, 6.45) is 19.9. The monoisotopic (exact) mass is 528 g/mol. The average Bonchev–Trinajstić information content (AvgIpc) is 2.59. The SMILES string of the molecule is CCCCCCCCCC[N+](C)(C)CC[N+](C)(C)CCCCCCCC.[Br-].[Br-]. The van der Waals surface area contributed by atoms with Crippen LogP contribution in [-0.4, -0.2) is 63.3 Å². The smallest absolute Gasteiger partial charge is 0.128 e. The molecule has 0 saturated heterocycles. The van der Waals surface area contributed by atoms with E-state index in [0.717, 1.165) is 0 Å². The largest absolute Gasteiger partial charge is 1.00 e. The summed E-state index contributed by atoms with van der Waals surface area (Å²) in [4.78, 5) is 0. The summed E-state index contributed by atoms with van der Waals surface area (Å²) in [5, 5.41) is 0. The van der Waals surface area contributed by atoms with Crippen molar-refractivity contribution in [2.45, 2.75) is 104 Å². The topological polar surface area (TPSA) is 0 Å². The highest BCUT2D eigenvalue weighted by Crippen LogP contribution is 2.12. The van der Waals surface area contributed by atoms with E-state index in [4.69, 9.17) is 0 Å². The van der Waals surface area contributed by atoms with Crippen molar-refractivity contribution in [1.29, 1.82) is 0 Å². The van der Waals surface area contributed by atoms with Crippen LogP contribution in [0.15, 0.2) is 0 Å². The van der Waals surface area contributed by atoms with Gasteiger partial charge >= 0.3 is 0 Å². The van der Waals surface area contributed by atoms with Crippen LogP contribution in [0.3, 0.4) is 0 Å². The molecule has 2 nitrogen and oxygen atoms in total. The van der Waals surface area contributed by atoms with Gasteiger partial charge in [-0.2, -0.15) is 0 Å². The van der Waals surface area contributed by atoms with Crippen LogP contribution in [0.25, 0.3) is 0 Å². The third kappa shape index (κ3) is 23.2. The van der Waals surface area contributed by atoms with Gasteiger partial charge in [0, 0.05) is 0 Å². The summed E-state index contributed by atoms with van der Waals surface area (Å²) in [7, 11) is 9.74. The minimum Gasteiger partial charge on any atom is -1.00 e. The minimum absolute atomic E-state index is 0. The molecule has 0 aromatic heterocycles. The lowest BCUT2D eigenvalue weighted by atomic mass is 10.1. The van der Waals surface area contributed by atoms with Crippen LogP contribution in [0, 0.1) is 0 Å². The van der Waals surface area contributed by atoms with E-state index in [2.05, 4.69) is 42.0 Å². The number of rotatable bonds is 19. The van der Waals surface area contributed by atoms with E-state index in [1.165, 1.54) is 125 Å². The van der Waals surface area contributed by atoms with Crippen molar-refractivity contribution >= 4 is 0 Å². The predicted molar refractivity (Wildman–Crippen MR) is 120 cm³/mol. The van der Waals surface area contributed by atoms with E-state index in [1.54, 1.807) is 0 Å². The van der Waals surface area contributed by atoms with Crippen LogP contribution in [0.2, 0.25) is 0 Å². The number of likely N-dealkylation sites (N-methyl/N-ethyl adjacent to an activating group) is 2. The highest BCUT2D eigenvalue weighted by Gasteiger charge is 2.22. The molecule has 28 heavy (non-hydrogen) atoms. The molecule has 0 amide bonds. The van der Waals surface area contributed by atoms with Gasteiger partial charge in [-0.1, -0.05) is 78.1 Å². The first-order chi connectivity index (χ1) is 12.3. The van der Waals surface area contributed by atoms with E-state index in [-0.39, 0.29) is 34.0 Å². The molecule has 0 spiro atoms. The first kappa shape index (κ1) is 33.5. The van der Waals surface area contributed by atoms with Crippen molar-refractivity contribution in [1.82, 2.24) is 0 Å². The van der Waals surface area contributed by atoms with Gasteiger partial charge in [-0.3, -0.25) is 0 Å². The van der Waals surface area contributed by atoms with Crippen LogP contribution >= 0.6 is 0 Å². The molecule has 0 aromatic rings. The van der Waals surface area contributed by atoms with Crippen molar-refractivity contribution in [3.05, 3.63) is 0 Å². The third-order valence-electron chi connectivity index (χ3n) is 6.04. The van der Waals surface area contributed by atoms with E-state index in [9.17, 15) is 0 Å². The Balaban J connectivity index is -0.00000312. The second kappa shape index (κ2) is 21.1. The molecule has 4 heteroatoms. The van der Waals surface area contributed by atoms with E-state index >= 15 is 0 Å². The van der Waals surface area contributed by atoms with Gasteiger partial charge in [0.1, 0.15) is 13.1 Å². The number of halogens is 2. The zero-order valence-corrected chi connectivity index (χ0v) is 23.6. The van der Waals surface area contributed by atoms with Gasteiger partial charge in [0.25, 0.3) is 0 Å². The molecule has 0 N–H and O–H groups in total. The maximum absolute atomic E-state index is 2.44. The van der Waals surface area contributed by atoms with Crippen LogP contribution in [-0.2, 0) is 0 Å². The fraction of sp³-hybridized carbons (Fsp3) is 1.00. The van der Waals surface area contributed by atoms with Crippen LogP contribution in [0.4, 0.5) is 0 Å². The molecule has 174 valence electrons. The number of unbranched alkanes of at least 4 members (excludes halogenated alkanes) is 12. The van der Waals surface area contributed by atoms with E-state index < -0.39 is 0 Å². The van der Waals surface area contributed by atoms with Gasteiger partial charge < -0.3 is 42.9 Å². The molecule has 0 bridgehead atoms. The maximum atomic E-state index is 2.44. The second-order valence-electron chi connectivity index (χ2n) is 10.0. The molecule has 0 fully saturated rings. The second-order valence-corrected chi connectivity index (χ2v) is 10.0. The van der Waals surface area contributed by atoms with Gasteiger partial charge in [0.15, 0.2) is 0 Å². The molecule has 0 unspecified atom stereocenters. The molecule has 0 heterocycles. The summed E-state index contributed by atoms with van der Waals surface area (Å²) in [6, 6.07) is 0. The molecule has 0 saturated carbocycles. The first-order valence-corrected chi connectivity index (χ1v) is 12.0. The Morgan fingerprint density at radius 3 is 0.893 bits per heavy atom. The third-order valence-corrected chi connectivity index (χ3v) is 6.04. The molecule has 0 rings (SSSR count). The number of hydrogen-bond acceptors (Lipinski definition) is 0. The zero-order valence-electron chi connectivity index (χ0n) is 20.4. The fourth-order valence-electron chi connectivity index (χ4n) is 3.76. The van der Waals surface area contributed by atoms with Gasteiger partial charge in [0.05, 0.1) is 41.3 Å². The Morgan fingerprint density at radius 2 is 0.607 bits per heavy atom. The maximum Gasteiger partial charge on any atom is 0.128 e. The lowest BCUT2D eigenvalue weighted by Crippen LogP contribution is -3.00. The Labute approximate surface area is 200 Å². The predicted octanol–water partition coefficient (Wildman–Crippen LogP) is 0.648. The minimum atomic E-state index is 0. The van der Waals surface area contributed by atoms with Crippen molar-refractivity contribution in [3.63, 3.8) is 0 Å². The van der Waals surface area contributed by atoms with Crippen LogP contribution in [0.5, 0.6) is 0 Å². The molecule has 0 aliphatic carbocycles. The lowest BCUT2D eigenvalue weighted by Gasteiger charge is -2.36. The van der Waals surface area contributed by atoms with Crippen molar-refractivity contribution in [2.75, 3.05) is 54.4 Å². The molecular weight excluding hydrogens is 476 g/mol. The van der Waals surface area contributed by atoms with E-state index in [1.807, 2.05) is 0 Å². The lowest BCUT2D eigenvalue weighted by molar-refractivity contribution is -0.946. The van der Waals surface area contributed by atoms with Crippen molar-refractivity contribution < 1.29 is 42.9 Å². The number of nitrogens with zero attached hydrogens (tertiary/aromatic N) is 2. The van der Waals surface area contributed by atoms with E-state index in [0.29, 0.717) is 0 Å². The molecule has 0 radical (unpaired) electrons. The summed E-state index contributed by atoms with van der Waals surface area (Å²) < 4.78 is 2.40. The summed E-state index contributed by atoms with van der Waals surface area (Å²) in [5.74, 6) is 0. The molecule has 0 aliphatic rings. The van der Waals surface area contributed by atoms with Crippen molar-refractivity contribution in [2.24, 2.45) is 0 Å². The highest BCUT2D eigenvalue weighted by atomic mass is 79.9. The molecule has 0 aromatic carbocycles. The van der Waals surface area contributed by atoms with Gasteiger partial charge in [-0.25, -0.2) is 0 Å². The fourth-order valence-corrected chi connectivity index (χ4v) is 3.76. The molecule has 0 atom stereocenters. The standard InChI is InChI=1S/C24H54N2.2BrH/c1-7-9-11-13-15-16-18-20-22-26(5,6)24-23-25(3,4)21-19-17-14-12-10-8-2;;/h7-24H2,1-6H3;2*1H/q+2;;/p-2. The summed E-state index contributed by atoms with van der Waals surface area (Å²) in [6.45, 7) is 9.94. The Kier molecular flexibility index (Phi) is 25.3. The van der Waals surface area contributed by atoms with Gasteiger partial charge in [0.2, 0.25) is 0 Å². The quantitative estimate of drug-likeness (QED) is 0.170. The Bertz CT molecular complexity index is 307. The molecule has 0 aliphatic heterocycles. The van der Waals surface area contributed by atoms with Gasteiger partial charge in [-0.15, -0.1) is 0 Å². The van der Waals surface area contributed by atoms with Gasteiger partial charge in [-0.05, 0) is 25.7 Å². The van der Waals surface area contributed by atoms with Crippen LogP contribution < -0.4 is 34.0 Å². The zero-order chi connectivity index (χ0) is 19.7. The first-order valence-electron chi connectivity index (χ1n) is 12.0. The molecular formula is C24H54Br2N2. The summed E-state index contributed by atoms with van der Waals surface area (Å²) >= 11 is 0. The number of hydrogen-bond donors (Lipinski definition) is 0. The highest BCUT2D eigenvalue weighted by molar-refractivity contribution is 4.47. The van der Waals surface area contributed by atoms with Crippen LogP contribution in [0.1, 0.15) is 104 Å². The Morgan fingerprint density at radius 1 is 0.357 bits per heavy atom. The van der Waals surface area contributed by atoms with Crippen molar-refractivity contribution in [3.8, 4) is 0 Å². The number of quaternary nitrogens is 2. The average molecular weight is 531 g/mol. The normalized spacial score (nSPS) is 11.8. The Hall–Kier alpha value is 0.880. The summed E-state index contributed by atoms with van der Waals surface area (Å²) in [5.41, 5.74) is 0.